The zero-order valence-corrected chi connectivity index (χ0v) is 11.6. The second kappa shape index (κ2) is 6.32. The molecular weight excluding hydrogens is 259 g/mol. The minimum atomic E-state index is -0.558. The van der Waals surface area contributed by atoms with E-state index in [2.05, 4.69) is 11.9 Å². The molecule has 0 aliphatic carbocycles. The molecule has 0 fully saturated rings. The quantitative estimate of drug-likeness (QED) is 0.761. The van der Waals surface area contributed by atoms with Crippen molar-refractivity contribution in [2.45, 2.75) is 33.4 Å². The third kappa shape index (κ3) is 3.23. The van der Waals surface area contributed by atoms with Crippen LogP contribution in [0.1, 0.15) is 36.3 Å². The lowest BCUT2D eigenvalue weighted by molar-refractivity contribution is 0.101. The Hall–Kier alpha value is -2.17. The van der Waals surface area contributed by atoms with Gasteiger partial charge in [0.15, 0.2) is 5.78 Å². The van der Waals surface area contributed by atoms with Gasteiger partial charge in [-0.3, -0.25) is 4.79 Å². The summed E-state index contributed by atoms with van der Waals surface area (Å²) >= 11 is 0. The summed E-state index contributed by atoms with van der Waals surface area (Å²) in [5.74, 6) is -0.455. The van der Waals surface area contributed by atoms with E-state index in [0.717, 1.165) is 18.7 Å². The Morgan fingerprint density at radius 3 is 2.90 bits per heavy atom. The SMILES string of the molecule is CCCn1cncc1COc1ccc(C(C)=O)c(F)c1. The largest absolute Gasteiger partial charge is 0.487 e. The molecule has 106 valence electrons. The highest BCUT2D eigenvalue weighted by molar-refractivity contribution is 5.94. The zero-order chi connectivity index (χ0) is 14.5. The Bertz CT molecular complexity index is 608. The highest BCUT2D eigenvalue weighted by Gasteiger charge is 2.09. The highest BCUT2D eigenvalue weighted by atomic mass is 19.1. The molecule has 0 unspecified atom stereocenters. The fourth-order valence-electron chi connectivity index (χ4n) is 1.94. The number of rotatable bonds is 6. The number of halogens is 1. The first-order valence-corrected chi connectivity index (χ1v) is 6.54. The Kier molecular flexibility index (Phi) is 4.50. The van der Waals surface area contributed by atoms with Gasteiger partial charge in [-0.05, 0) is 25.5 Å². The number of aryl methyl sites for hydroxylation is 1. The van der Waals surface area contributed by atoms with Crippen molar-refractivity contribution in [2.75, 3.05) is 0 Å². The summed E-state index contributed by atoms with van der Waals surface area (Å²) in [7, 11) is 0. The van der Waals surface area contributed by atoms with E-state index in [0.29, 0.717) is 12.4 Å². The molecular formula is C15H17FN2O2. The molecule has 4 nitrogen and oxygen atoms in total. The number of ether oxygens (including phenoxy) is 1. The van der Waals surface area contributed by atoms with Crippen molar-refractivity contribution in [2.24, 2.45) is 0 Å². The molecule has 0 radical (unpaired) electrons. The summed E-state index contributed by atoms with van der Waals surface area (Å²) in [6.07, 6.45) is 4.49. The molecule has 1 aromatic heterocycles. The summed E-state index contributed by atoms with van der Waals surface area (Å²) in [5, 5.41) is 0. The second-order valence-corrected chi connectivity index (χ2v) is 4.56. The molecule has 1 aromatic carbocycles. The number of nitrogens with zero attached hydrogens (tertiary/aromatic N) is 2. The van der Waals surface area contributed by atoms with Gasteiger partial charge in [-0.25, -0.2) is 9.37 Å². The first kappa shape index (κ1) is 14.2. The number of hydrogen-bond acceptors (Lipinski definition) is 3. The van der Waals surface area contributed by atoms with Gasteiger partial charge in [-0.15, -0.1) is 0 Å². The van der Waals surface area contributed by atoms with Crippen LogP contribution in [0.2, 0.25) is 0 Å². The fourth-order valence-corrected chi connectivity index (χ4v) is 1.94. The first-order chi connectivity index (χ1) is 9.61. The molecule has 0 saturated heterocycles. The van der Waals surface area contributed by atoms with Gasteiger partial charge in [0, 0.05) is 12.6 Å². The van der Waals surface area contributed by atoms with Crippen LogP contribution in [0, 0.1) is 5.82 Å². The van der Waals surface area contributed by atoms with E-state index in [4.69, 9.17) is 4.74 Å². The van der Waals surface area contributed by atoms with E-state index in [9.17, 15) is 9.18 Å². The van der Waals surface area contributed by atoms with Crippen LogP contribution in [-0.4, -0.2) is 15.3 Å². The van der Waals surface area contributed by atoms with Gasteiger partial charge in [0.05, 0.1) is 23.8 Å². The van der Waals surface area contributed by atoms with Gasteiger partial charge < -0.3 is 9.30 Å². The van der Waals surface area contributed by atoms with Gasteiger partial charge in [0.25, 0.3) is 0 Å². The number of benzene rings is 1. The fraction of sp³-hybridized carbons (Fsp3) is 0.333. The third-order valence-electron chi connectivity index (χ3n) is 2.97. The molecule has 0 aliphatic heterocycles. The minimum absolute atomic E-state index is 0.0772. The summed E-state index contributed by atoms with van der Waals surface area (Å²) in [5.41, 5.74) is 1.01. The van der Waals surface area contributed by atoms with E-state index in [1.807, 2.05) is 4.57 Å². The van der Waals surface area contributed by atoms with Crippen molar-refractivity contribution >= 4 is 5.78 Å². The monoisotopic (exact) mass is 276 g/mol. The number of carbonyl (C=O) groups is 1. The predicted octanol–water partition coefficient (Wildman–Crippen LogP) is 3.21. The van der Waals surface area contributed by atoms with Crippen LogP contribution < -0.4 is 4.74 Å². The third-order valence-corrected chi connectivity index (χ3v) is 2.97. The van der Waals surface area contributed by atoms with Crippen molar-refractivity contribution in [1.82, 2.24) is 9.55 Å². The molecule has 1 heterocycles. The normalized spacial score (nSPS) is 10.6. The Morgan fingerprint density at radius 1 is 1.45 bits per heavy atom. The van der Waals surface area contributed by atoms with E-state index in [1.165, 1.54) is 19.1 Å². The highest BCUT2D eigenvalue weighted by Crippen LogP contribution is 2.18. The predicted molar refractivity (Wildman–Crippen MR) is 73.3 cm³/mol. The van der Waals surface area contributed by atoms with Crippen LogP contribution in [0.5, 0.6) is 5.75 Å². The smallest absolute Gasteiger partial charge is 0.162 e. The van der Waals surface area contributed by atoms with Crippen LogP contribution in [0.4, 0.5) is 4.39 Å². The van der Waals surface area contributed by atoms with Crippen molar-refractivity contribution < 1.29 is 13.9 Å². The second-order valence-electron chi connectivity index (χ2n) is 4.56. The van der Waals surface area contributed by atoms with Crippen LogP contribution in [0.15, 0.2) is 30.7 Å². The van der Waals surface area contributed by atoms with Crippen molar-refractivity contribution in [3.8, 4) is 5.75 Å². The number of hydrogen-bond donors (Lipinski definition) is 0. The number of Topliss-reactive ketones (excluding diaryl/α,β-unsaturated/α-hetero) is 1. The summed E-state index contributed by atoms with van der Waals surface area (Å²) in [6.45, 7) is 4.61. The van der Waals surface area contributed by atoms with Gasteiger partial charge in [0.1, 0.15) is 18.2 Å². The molecule has 20 heavy (non-hydrogen) atoms. The molecule has 2 aromatic rings. The molecule has 0 saturated carbocycles. The maximum atomic E-state index is 13.6. The maximum Gasteiger partial charge on any atom is 0.162 e. The lowest BCUT2D eigenvalue weighted by Gasteiger charge is -2.09. The Labute approximate surface area is 117 Å². The maximum absolute atomic E-state index is 13.6. The lowest BCUT2D eigenvalue weighted by Crippen LogP contribution is -2.05. The minimum Gasteiger partial charge on any atom is -0.487 e. The summed E-state index contributed by atoms with van der Waals surface area (Å²) < 4.78 is 21.2. The molecule has 2 rings (SSSR count). The summed E-state index contributed by atoms with van der Waals surface area (Å²) in [4.78, 5) is 15.2. The van der Waals surface area contributed by atoms with Crippen LogP contribution in [-0.2, 0) is 13.2 Å². The molecule has 0 aliphatic rings. The first-order valence-electron chi connectivity index (χ1n) is 6.54. The number of ketones is 1. The van der Waals surface area contributed by atoms with Gasteiger partial charge in [-0.1, -0.05) is 6.92 Å². The lowest BCUT2D eigenvalue weighted by atomic mass is 10.1. The molecule has 5 heteroatoms. The molecule has 0 N–H and O–H groups in total. The van der Waals surface area contributed by atoms with Gasteiger partial charge >= 0.3 is 0 Å². The summed E-state index contributed by atoms with van der Waals surface area (Å²) in [6, 6.07) is 4.27. The Morgan fingerprint density at radius 2 is 2.25 bits per heavy atom. The van der Waals surface area contributed by atoms with E-state index in [-0.39, 0.29) is 11.3 Å². The van der Waals surface area contributed by atoms with Crippen molar-refractivity contribution in [3.63, 3.8) is 0 Å². The van der Waals surface area contributed by atoms with E-state index in [1.54, 1.807) is 18.6 Å². The van der Waals surface area contributed by atoms with Crippen LogP contribution in [0.25, 0.3) is 0 Å². The van der Waals surface area contributed by atoms with Gasteiger partial charge in [0.2, 0.25) is 0 Å². The van der Waals surface area contributed by atoms with Gasteiger partial charge in [-0.2, -0.15) is 0 Å². The van der Waals surface area contributed by atoms with Crippen molar-refractivity contribution in [3.05, 3.63) is 47.8 Å². The molecule has 0 atom stereocenters. The average molecular weight is 276 g/mol. The number of imidazole rings is 1. The number of aromatic nitrogens is 2. The molecule has 0 spiro atoms. The van der Waals surface area contributed by atoms with Crippen molar-refractivity contribution in [1.29, 1.82) is 0 Å². The Balaban J connectivity index is 2.05. The van der Waals surface area contributed by atoms with E-state index < -0.39 is 5.82 Å². The number of carbonyl (C=O) groups excluding carboxylic acids is 1. The average Bonchev–Trinajstić information content (AvgIpc) is 2.84. The topological polar surface area (TPSA) is 44.1 Å². The van der Waals surface area contributed by atoms with Crippen LogP contribution >= 0.6 is 0 Å². The molecule has 0 bridgehead atoms. The standard InChI is InChI=1S/C15H17FN2O2/c1-3-6-18-10-17-8-12(18)9-20-13-4-5-14(11(2)19)15(16)7-13/h4-5,7-8,10H,3,6,9H2,1-2H3. The molecule has 0 amide bonds. The van der Waals surface area contributed by atoms with Crippen LogP contribution in [0.3, 0.4) is 0 Å². The zero-order valence-electron chi connectivity index (χ0n) is 11.6. The van der Waals surface area contributed by atoms with E-state index >= 15 is 0 Å².